The monoisotopic (exact) mass is 292 g/mol. The van der Waals surface area contributed by atoms with Crippen LogP contribution in [-0.4, -0.2) is 16.4 Å². The first-order valence-electron chi connectivity index (χ1n) is 6.59. The van der Waals surface area contributed by atoms with Crippen molar-refractivity contribution in [1.82, 2.24) is 9.78 Å². The summed E-state index contributed by atoms with van der Waals surface area (Å²) in [5.41, 5.74) is 2.06. The third kappa shape index (κ3) is 3.02. The highest BCUT2D eigenvalue weighted by molar-refractivity contribution is 6.17. The van der Waals surface area contributed by atoms with Crippen LogP contribution in [0.3, 0.4) is 0 Å². The molecule has 0 fully saturated rings. The summed E-state index contributed by atoms with van der Waals surface area (Å²) in [4.78, 5) is 12.0. The van der Waals surface area contributed by atoms with E-state index in [-0.39, 0.29) is 11.4 Å². The van der Waals surface area contributed by atoms with Crippen LogP contribution in [-0.2, 0) is 12.4 Å². The van der Waals surface area contributed by atoms with E-state index in [0.717, 1.165) is 17.0 Å². The predicted octanol–water partition coefficient (Wildman–Crippen LogP) is 3.07. The molecule has 0 unspecified atom stereocenters. The van der Waals surface area contributed by atoms with E-state index in [1.54, 1.807) is 6.07 Å². The van der Waals surface area contributed by atoms with Gasteiger partial charge in [0.15, 0.2) is 0 Å². The zero-order chi connectivity index (χ0) is 14.5. The largest absolute Gasteiger partial charge is 0.494 e. The Morgan fingerprint density at radius 1 is 1.30 bits per heavy atom. The van der Waals surface area contributed by atoms with E-state index in [2.05, 4.69) is 5.10 Å². The van der Waals surface area contributed by atoms with Crippen LogP contribution in [0.1, 0.15) is 19.4 Å². The summed E-state index contributed by atoms with van der Waals surface area (Å²) in [6, 6.07) is 9.39. The first-order valence-corrected chi connectivity index (χ1v) is 7.13. The molecule has 0 aliphatic heterocycles. The molecule has 0 N–H and O–H groups in total. The molecule has 0 radical (unpaired) electrons. The van der Waals surface area contributed by atoms with Gasteiger partial charge in [-0.3, -0.25) is 4.79 Å². The van der Waals surface area contributed by atoms with Crippen LogP contribution in [0.15, 0.2) is 35.1 Å². The van der Waals surface area contributed by atoms with E-state index in [1.807, 2.05) is 38.1 Å². The van der Waals surface area contributed by atoms with Gasteiger partial charge < -0.3 is 4.74 Å². The molecular weight excluding hydrogens is 276 g/mol. The summed E-state index contributed by atoms with van der Waals surface area (Å²) in [5.74, 6) is 0.966. The number of rotatable bonds is 5. The van der Waals surface area contributed by atoms with E-state index in [0.29, 0.717) is 18.7 Å². The highest BCUT2D eigenvalue weighted by Gasteiger charge is 2.09. The first kappa shape index (κ1) is 14.6. The minimum Gasteiger partial charge on any atom is -0.494 e. The lowest BCUT2D eigenvalue weighted by molar-refractivity contribution is 0.340. The van der Waals surface area contributed by atoms with Crippen LogP contribution >= 0.6 is 11.6 Å². The Bertz CT molecular complexity index is 624. The van der Waals surface area contributed by atoms with Gasteiger partial charge in [-0.2, -0.15) is 5.10 Å². The maximum absolute atomic E-state index is 12.0. The molecule has 4 nitrogen and oxygen atoms in total. The van der Waals surface area contributed by atoms with Crippen molar-refractivity contribution < 1.29 is 4.74 Å². The summed E-state index contributed by atoms with van der Waals surface area (Å²) in [6.07, 6.45) is 0. The lowest BCUT2D eigenvalue weighted by Crippen LogP contribution is -2.25. The van der Waals surface area contributed by atoms with Crippen molar-refractivity contribution in [3.05, 3.63) is 46.2 Å². The summed E-state index contributed by atoms with van der Waals surface area (Å²) in [5, 5.41) is 4.36. The molecule has 0 atom stereocenters. The second-order valence-corrected chi connectivity index (χ2v) is 4.54. The standard InChI is InChI=1S/C15H17ClN2O2/c1-3-18-15(19)12(10-16)9-14(17-18)11-6-5-7-13(8-11)20-4-2/h5-9H,3-4,10H2,1-2H3. The highest BCUT2D eigenvalue weighted by atomic mass is 35.5. The molecule has 106 valence electrons. The van der Waals surface area contributed by atoms with Crippen molar-refractivity contribution in [3.63, 3.8) is 0 Å². The summed E-state index contributed by atoms with van der Waals surface area (Å²) in [6.45, 7) is 4.95. The fourth-order valence-electron chi connectivity index (χ4n) is 1.96. The summed E-state index contributed by atoms with van der Waals surface area (Å²) < 4.78 is 6.91. The van der Waals surface area contributed by atoms with Crippen molar-refractivity contribution in [2.75, 3.05) is 6.61 Å². The Labute approximate surface area is 123 Å². The first-order chi connectivity index (χ1) is 9.69. The second kappa shape index (κ2) is 6.57. The minimum atomic E-state index is -0.132. The molecule has 20 heavy (non-hydrogen) atoms. The van der Waals surface area contributed by atoms with Crippen LogP contribution in [0.2, 0.25) is 0 Å². The van der Waals surface area contributed by atoms with Crippen LogP contribution in [0.25, 0.3) is 11.3 Å². The Balaban J connectivity index is 2.52. The van der Waals surface area contributed by atoms with Crippen LogP contribution in [0.4, 0.5) is 0 Å². The lowest BCUT2D eigenvalue weighted by Gasteiger charge is -2.09. The van der Waals surface area contributed by atoms with Crippen molar-refractivity contribution in [1.29, 1.82) is 0 Å². The highest BCUT2D eigenvalue weighted by Crippen LogP contribution is 2.22. The van der Waals surface area contributed by atoms with E-state index < -0.39 is 0 Å². The van der Waals surface area contributed by atoms with Gasteiger partial charge in [0.1, 0.15) is 5.75 Å². The summed E-state index contributed by atoms with van der Waals surface area (Å²) >= 11 is 5.84. The fraction of sp³-hybridized carbons (Fsp3) is 0.333. The smallest absolute Gasteiger partial charge is 0.271 e. The van der Waals surface area contributed by atoms with Crippen molar-refractivity contribution in [3.8, 4) is 17.0 Å². The molecule has 2 aromatic rings. The fourth-order valence-corrected chi connectivity index (χ4v) is 2.15. The van der Waals surface area contributed by atoms with Gasteiger partial charge in [0.05, 0.1) is 18.2 Å². The Kier molecular flexibility index (Phi) is 4.79. The maximum atomic E-state index is 12.0. The number of halogens is 1. The zero-order valence-corrected chi connectivity index (χ0v) is 12.4. The molecule has 0 spiro atoms. The zero-order valence-electron chi connectivity index (χ0n) is 11.6. The molecule has 0 amide bonds. The number of hydrogen-bond donors (Lipinski definition) is 0. The molecule has 0 saturated carbocycles. The SMILES string of the molecule is CCOc1cccc(-c2cc(CCl)c(=O)n(CC)n2)c1. The third-order valence-corrected chi connectivity index (χ3v) is 3.22. The Morgan fingerprint density at radius 2 is 2.10 bits per heavy atom. The van der Waals surface area contributed by atoms with Crippen molar-refractivity contribution in [2.24, 2.45) is 0 Å². The van der Waals surface area contributed by atoms with Crippen LogP contribution in [0, 0.1) is 0 Å². The number of ether oxygens (including phenoxy) is 1. The molecule has 1 heterocycles. The molecule has 2 rings (SSSR count). The van der Waals surface area contributed by atoms with Gasteiger partial charge in [0.2, 0.25) is 0 Å². The van der Waals surface area contributed by atoms with Crippen molar-refractivity contribution in [2.45, 2.75) is 26.3 Å². The number of aromatic nitrogens is 2. The average Bonchev–Trinajstić information content (AvgIpc) is 2.48. The van der Waals surface area contributed by atoms with Gasteiger partial charge in [-0.15, -0.1) is 11.6 Å². The molecule has 0 saturated heterocycles. The van der Waals surface area contributed by atoms with Gasteiger partial charge >= 0.3 is 0 Å². The quantitative estimate of drug-likeness (QED) is 0.796. The molecule has 0 aliphatic carbocycles. The van der Waals surface area contributed by atoms with E-state index in [4.69, 9.17) is 16.3 Å². The van der Waals surface area contributed by atoms with Gasteiger partial charge in [0.25, 0.3) is 5.56 Å². The molecule has 5 heteroatoms. The third-order valence-electron chi connectivity index (χ3n) is 2.93. The van der Waals surface area contributed by atoms with Crippen LogP contribution in [0.5, 0.6) is 5.75 Å². The van der Waals surface area contributed by atoms with E-state index in [9.17, 15) is 4.79 Å². The molecule has 0 aliphatic rings. The van der Waals surface area contributed by atoms with E-state index >= 15 is 0 Å². The number of hydrogen-bond acceptors (Lipinski definition) is 3. The Hall–Kier alpha value is -1.81. The number of benzene rings is 1. The van der Waals surface area contributed by atoms with Gasteiger partial charge in [0, 0.05) is 17.7 Å². The number of aryl methyl sites for hydroxylation is 1. The molecule has 1 aromatic carbocycles. The maximum Gasteiger partial charge on any atom is 0.271 e. The second-order valence-electron chi connectivity index (χ2n) is 4.27. The normalized spacial score (nSPS) is 10.6. The van der Waals surface area contributed by atoms with Gasteiger partial charge in [-0.1, -0.05) is 12.1 Å². The topological polar surface area (TPSA) is 44.1 Å². The van der Waals surface area contributed by atoms with Gasteiger partial charge in [-0.05, 0) is 32.0 Å². The minimum absolute atomic E-state index is 0.132. The van der Waals surface area contributed by atoms with Crippen LogP contribution < -0.4 is 10.3 Å². The lowest BCUT2D eigenvalue weighted by atomic mass is 10.1. The van der Waals surface area contributed by atoms with Crippen molar-refractivity contribution >= 4 is 11.6 Å². The van der Waals surface area contributed by atoms with E-state index in [1.165, 1.54) is 4.68 Å². The number of nitrogens with zero attached hydrogens (tertiary/aromatic N) is 2. The predicted molar refractivity (Wildman–Crippen MR) is 80.3 cm³/mol. The number of alkyl halides is 1. The molecule has 0 bridgehead atoms. The average molecular weight is 293 g/mol. The van der Waals surface area contributed by atoms with Gasteiger partial charge in [-0.25, -0.2) is 4.68 Å². The molecular formula is C15H17ClN2O2. The summed E-state index contributed by atoms with van der Waals surface area (Å²) in [7, 11) is 0. The Morgan fingerprint density at radius 3 is 2.75 bits per heavy atom. The molecule has 1 aromatic heterocycles.